The van der Waals surface area contributed by atoms with Crippen molar-refractivity contribution in [3.63, 3.8) is 0 Å². The number of nitrogens with zero attached hydrogens (tertiary/aromatic N) is 2. The molecule has 4 nitrogen and oxygen atoms in total. The first kappa shape index (κ1) is 14.6. The van der Waals surface area contributed by atoms with Gasteiger partial charge in [0.05, 0.1) is 6.04 Å². The number of carbonyl (C=O) groups is 1. The average Bonchev–Trinajstić information content (AvgIpc) is 2.82. The fourth-order valence-electron chi connectivity index (χ4n) is 2.01. The van der Waals surface area contributed by atoms with Crippen LogP contribution in [-0.2, 0) is 11.3 Å². The minimum absolute atomic E-state index is 0.0244. The summed E-state index contributed by atoms with van der Waals surface area (Å²) >= 11 is 5.85. The molecule has 1 aromatic carbocycles. The van der Waals surface area contributed by atoms with E-state index in [9.17, 15) is 4.79 Å². The van der Waals surface area contributed by atoms with Crippen LogP contribution >= 0.6 is 11.6 Å². The molecule has 1 N–H and O–H groups in total. The van der Waals surface area contributed by atoms with Crippen LogP contribution in [0.15, 0.2) is 36.7 Å². The Morgan fingerprint density at radius 1 is 1.40 bits per heavy atom. The van der Waals surface area contributed by atoms with Crippen molar-refractivity contribution in [3.8, 4) is 0 Å². The molecule has 106 valence electrons. The Labute approximate surface area is 123 Å². The lowest BCUT2D eigenvalue weighted by Gasteiger charge is -2.14. The molecule has 1 aromatic heterocycles. The van der Waals surface area contributed by atoms with Crippen LogP contribution in [0, 0.1) is 6.92 Å². The van der Waals surface area contributed by atoms with E-state index in [0.29, 0.717) is 18.0 Å². The summed E-state index contributed by atoms with van der Waals surface area (Å²) in [6, 6.07) is 7.48. The largest absolute Gasteiger partial charge is 0.350 e. The van der Waals surface area contributed by atoms with Crippen LogP contribution in [0.2, 0.25) is 5.02 Å². The second kappa shape index (κ2) is 6.57. The van der Waals surface area contributed by atoms with E-state index < -0.39 is 0 Å². The maximum absolute atomic E-state index is 11.9. The molecule has 0 aliphatic rings. The summed E-state index contributed by atoms with van der Waals surface area (Å²) in [4.78, 5) is 16.1. The minimum Gasteiger partial charge on any atom is -0.350 e. The highest BCUT2D eigenvalue weighted by molar-refractivity contribution is 6.30. The number of nitrogens with one attached hydrogen (secondary N) is 1. The Hall–Kier alpha value is -1.81. The number of hydrogen-bond acceptors (Lipinski definition) is 2. The summed E-state index contributed by atoms with van der Waals surface area (Å²) in [7, 11) is 0. The van der Waals surface area contributed by atoms with Gasteiger partial charge in [-0.2, -0.15) is 0 Å². The Balaban J connectivity index is 1.85. The highest BCUT2D eigenvalue weighted by Gasteiger charge is 2.09. The van der Waals surface area contributed by atoms with Crippen molar-refractivity contribution in [2.24, 2.45) is 0 Å². The number of imidazole rings is 1. The molecule has 0 aliphatic carbocycles. The van der Waals surface area contributed by atoms with Gasteiger partial charge in [0.2, 0.25) is 5.91 Å². The van der Waals surface area contributed by atoms with E-state index in [-0.39, 0.29) is 11.9 Å². The van der Waals surface area contributed by atoms with Crippen molar-refractivity contribution in [2.45, 2.75) is 32.9 Å². The van der Waals surface area contributed by atoms with Crippen molar-refractivity contribution < 1.29 is 4.79 Å². The molecule has 2 aromatic rings. The van der Waals surface area contributed by atoms with Gasteiger partial charge in [-0.05, 0) is 31.5 Å². The first-order valence-corrected chi connectivity index (χ1v) is 6.96. The van der Waals surface area contributed by atoms with Crippen LogP contribution in [-0.4, -0.2) is 15.5 Å². The number of rotatable bonds is 5. The van der Waals surface area contributed by atoms with Crippen LogP contribution in [0.5, 0.6) is 0 Å². The van der Waals surface area contributed by atoms with E-state index in [1.54, 1.807) is 6.20 Å². The van der Waals surface area contributed by atoms with Crippen molar-refractivity contribution in [2.75, 3.05) is 0 Å². The molecule has 0 aliphatic heterocycles. The number of benzene rings is 1. The van der Waals surface area contributed by atoms with Crippen molar-refractivity contribution in [1.29, 1.82) is 0 Å². The first-order valence-electron chi connectivity index (χ1n) is 6.59. The summed E-state index contributed by atoms with van der Waals surface area (Å²) in [5.74, 6) is 0.948. The first-order chi connectivity index (χ1) is 9.56. The molecule has 0 saturated carbocycles. The van der Waals surface area contributed by atoms with Crippen LogP contribution in [0.1, 0.15) is 30.8 Å². The second-order valence-electron chi connectivity index (χ2n) is 4.76. The molecule has 0 bridgehead atoms. The molecule has 1 unspecified atom stereocenters. The van der Waals surface area contributed by atoms with E-state index in [1.807, 2.05) is 48.9 Å². The molecule has 0 radical (unpaired) electrons. The van der Waals surface area contributed by atoms with Crippen LogP contribution in [0.25, 0.3) is 0 Å². The highest BCUT2D eigenvalue weighted by atomic mass is 35.5. The number of aryl methyl sites for hydroxylation is 2. The average molecular weight is 292 g/mol. The van der Waals surface area contributed by atoms with Crippen molar-refractivity contribution in [3.05, 3.63) is 53.1 Å². The van der Waals surface area contributed by atoms with Gasteiger partial charge < -0.3 is 9.88 Å². The quantitative estimate of drug-likeness (QED) is 0.920. The minimum atomic E-state index is -0.0244. The smallest absolute Gasteiger partial charge is 0.222 e. The van der Waals surface area contributed by atoms with Gasteiger partial charge in [0, 0.05) is 30.4 Å². The molecule has 5 heteroatoms. The molecule has 0 fully saturated rings. The summed E-state index contributed by atoms with van der Waals surface area (Å²) in [5.41, 5.74) is 1.04. The zero-order chi connectivity index (χ0) is 14.5. The lowest BCUT2D eigenvalue weighted by atomic mass is 10.1. The van der Waals surface area contributed by atoms with E-state index in [4.69, 9.17) is 11.6 Å². The van der Waals surface area contributed by atoms with E-state index >= 15 is 0 Å². The van der Waals surface area contributed by atoms with Gasteiger partial charge in [-0.25, -0.2) is 4.98 Å². The normalized spacial score (nSPS) is 12.2. The number of halogens is 1. The maximum atomic E-state index is 11.9. The van der Waals surface area contributed by atoms with Gasteiger partial charge in [0.25, 0.3) is 0 Å². The number of carbonyl (C=O) groups excluding carboxylic acids is 1. The van der Waals surface area contributed by atoms with Gasteiger partial charge >= 0.3 is 0 Å². The molecule has 1 heterocycles. The third-order valence-electron chi connectivity index (χ3n) is 3.25. The Kier molecular flexibility index (Phi) is 4.79. The SMILES string of the molecule is Cc1nccn1CCC(=O)NC(C)c1ccc(Cl)cc1. The van der Waals surface area contributed by atoms with Gasteiger partial charge in [0.15, 0.2) is 0 Å². The zero-order valence-electron chi connectivity index (χ0n) is 11.6. The molecular formula is C15H18ClN3O. The Morgan fingerprint density at radius 2 is 2.10 bits per heavy atom. The standard InChI is InChI=1S/C15H18ClN3O/c1-11(13-3-5-14(16)6-4-13)18-15(20)7-9-19-10-8-17-12(19)2/h3-6,8,10-11H,7,9H2,1-2H3,(H,18,20). The molecule has 1 amide bonds. The predicted octanol–water partition coefficient (Wildman–Crippen LogP) is 3.11. The fourth-order valence-corrected chi connectivity index (χ4v) is 2.14. The predicted molar refractivity (Wildman–Crippen MR) is 79.6 cm³/mol. The Morgan fingerprint density at radius 3 is 2.70 bits per heavy atom. The maximum Gasteiger partial charge on any atom is 0.222 e. The van der Waals surface area contributed by atoms with Crippen LogP contribution < -0.4 is 5.32 Å². The Bertz CT molecular complexity index is 577. The summed E-state index contributed by atoms with van der Waals surface area (Å²) in [6.45, 7) is 4.53. The van der Waals surface area contributed by atoms with Gasteiger partial charge in [-0.15, -0.1) is 0 Å². The molecule has 2 rings (SSSR count). The lowest BCUT2D eigenvalue weighted by molar-refractivity contribution is -0.121. The summed E-state index contributed by atoms with van der Waals surface area (Å²) in [5, 5.41) is 3.68. The second-order valence-corrected chi connectivity index (χ2v) is 5.20. The number of aromatic nitrogens is 2. The molecule has 0 spiro atoms. The number of amides is 1. The third-order valence-corrected chi connectivity index (χ3v) is 3.50. The lowest BCUT2D eigenvalue weighted by Crippen LogP contribution is -2.27. The van der Waals surface area contributed by atoms with Gasteiger partial charge in [-0.3, -0.25) is 4.79 Å². The van der Waals surface area contributed by atoms with E-state index in [2.05, 4.69) is 10.3 Å². The van der Waals surface area contributed by atoms with Gasteiger partial charge in [-0.1, -0.05) is 23.7 Å². The molecule has 0 saturated heterocycles. The van der Waals surface area contributed by atoms with Crippen LogP contribution in [0.3, 0.4) is 0 Å². The van der Waals surface area contributed by atoms with E-state index in [1.165, 1.54) is 0 Å². The van der Waals surface area contributed by atoms with Gasteiger partial charge in [0.1, 0.15) is 5.82 Å². The molecule has 20 heavy (non-hydrogen) atoms. The number of hydrogen-bond donors (Lipinski definition) is 1. The summed E-state index contributed by atoms with van der Waals surface area (Å²) in [6.07, 6.45) is 4.06. The van der Waals surface area contributed by atoms with E-state index in [0.717, 1.165) is 11.4 Å². The fraction of sp³-hybridized carbons (Fsp3) is 0.333. The highest BCUT2D eigenvalue weighted by Crippen LogP contribution is 2.16. The topological polar surface area (TPSA) is 46.9 Å². The molecular weight excluding hydrogens is 274 g/mol. The summed E-state index contributed by atoms with van der Waals surface area (Å²) < 4.78 is 1.96. The zero-order valence-corrected chi connectivity index (χ0v) is 12.4. The van der Waals surface area contributed by atoms with Crippen molar-refractivity contribution >= 4 is 17.5 Å². The van der Waals surface area contributed by atoms with Crippen LogP contribution in [0.4, 0.5) is 0 Å². The monoisotopic (exact) mass is 291 g/mol. The molecule has 1 atom stereocenters. The third kappa shape index (κ3) is 3.84. The van der Waals surface area contributed by atoms with Crippen molar-refractivity contribution in [1.82, 2.24) is 14.9 Å².